The Morgan fingerprint density at radius 1 is 1.20 bits per heavy atom. The van der Waals surface area contributed by atoms with Gasteiger partial charge in [-0.15, -0.1) is 0 Å². The van der Waals surface area contributed by atoms with E-state index < -0.39 is 10.0 Å². The summed E-state index contributed by atoms with van der Waals surface area (Å²) in [5.74, 6) is 0.234. The van der Waals surface area contributed by atoms with E-state index in [0.29, 0.717) is 5.33 Å². The number of nitrogens with one attached hydrogen (secondary N) is 1. The molecule has 92 valence electrons. The molecular weight excluding hydrogens is 278 g/mol. The predicted octanol–water partition coefficient (Wildman–Crippen LogP) is 2.66. The Hall–Kier alpha value is 0.390. The average molecular weight is 300 g/mol. The van der Waals surface area contributed by atoms with E-state index in [-0.39, 0.29) is 11.3 Å². The highest BCUT2D eigenvalue weighted by atomic mass is 79.9. The monoisotopic (exact) mass is 299 g/mol. The molecule has 0 radical (unpaired) electrons. The summed E-state index contributed by atoms with van der Waals surface area (Å²) < 4.78 is 26.3. The Morgan fingerprint density at radius 3 is 2.07 bits per heavy atom. The number of rotatable bonds is 8. The van der Waals surface area contributed by atoms with Gasteiger partial charge in [0.2, 0.25) is 10.0 Å². The largest absolute Gasteiger partial charge is 0.212 e. The summed E-state index contributed by atoms with van der Waals surface area (Å²) in [5, 5.41) is 0.665. The van der Waals surface area contributed by atoms with E-state index in [1.165, 1.54) is 0 Å². The highest BCUT2D eigenvalue weighted by molar-refractivity contribution is 9.09. The third kappa shape index (κ3) is 5.31. The Labute approximate surface area is 102 Å². The lowest BCUT2D eigenvalue weighted by Crippen LogP contribution is -2.49. The molecule has 0 aliphatic heterocycles. The lowest BCUT2D eigenvalue weighted by molar-refractivity contribution is 0.398. The predicted molar refractivity (Wildman–Crippen MR) is 68.9 cm³/mol. The van der Waals surface area contributed by atoms with Crippen molar-refractivity contribution in [3.8, 4) is 0 Å². The third-order valence-electron chi connectivity index (χ3n) is 2.75. The average Bonchev–Trinajstić information content (AvgIpc) is 2.23. The summed E-state index contributed by atoms with van der Waals surface area (Å²) in [4.78, 5) is 0. The molecule has 0 saturated heterocycles. The maximum atomic E-state index is 11.7. The van der Waals surface area contributed by atoms with Gasteiger partial charge < -0.3 is 0 Å². The summed E-state index contributed by atoms with van der Waals surface area (Å²) in [6, 6.07) is 0. The molecule has 0 aromatic heterocycles. The normalized spacial score (nSPS) is 13.1. The lowest BCUT2D eigenvalue weighted by Gasteiger charge is -2.30. The molecule has 1 N–H and O–H groups in total. The number of hydrogen-bond acceptors (Lipinski definition) is 2. The highest BCUT2D eigenvalue weighted by Gasteiger charge is 2.29. The maximum Gasteiger partial charge on any atom is 0.212 e. The van der Waals surface area contributed by atoms with E-state index in [9.17, 15) is 8.42 Å². The first kappa shape index (κ1) is 15.4. The number of halogens is 1. The Morgan fingerprint density at radius 2 is 1.73 bits per heavy atom. The molecule has 0 amide bonds. The number of unbranched alkanes of at least 4 members (excludes halogenated alkanes) is 1. The summed E-state index contributed by atoms with van der Waals surface area (Å²) >= 11 is 3.39. The van der Waals surface area contributed by atoms with Crippen LogP contribution in [0.3, 0.4) is 0 Å². The third-order valence-corrected chi connectivity index (χ3v) is 5.39. The van der Waals surface area contributed by atoms with Crippen molar-refractivity contribution in [2.45, 2.75) is 52.0 Å². The molecule has 0 bridgehead atoms. The number of sulfonamides is 1. The van der Waals surface area contributed by atoms with Crippen molar-refractivity contribution in [1.82, 2.24) is 4.72 Å². The summed E-state index contributed by atoms with van der Waals surface area (Å²) in [5.41, 5.74) is -0.313. The summed E-state index contributed by atoms with van der Waals surface area (Å²) in [7, 11) is -3.12. The van der Waals surface area contributed by atoms with Crippen molar-refractivity contribution in [2.75, 3.05) is 11.1 Å². The molecule has 0 atom stereocenters. The van der Waals surface area contributed by atoms with Gasteiger partial charge in [0.15, 0.2) is 0 Å². The fourth-order valence-electron chi connectivity index (χ4n) is 1.33. The zero-order valence-corrected chi connectivity index (χ0v) is 12.2. The van der Waals surface area contributed by atoms with Crippen molar-refractivity contribution in [3.63, 3.8) is 0 Å². The molecule has 0 aliphatic rings. The van der Waals surface area contributed by atoms with Crippen LogP contribution in [-0.4, -0.2) is 25.0 Å². The van der Waals surface area contributed by atoms with E-state index in [1.807, 2.05) is 20.8 Å². The molecule has 0 aliphatic carbocycles. The van der Waals surface area contributed by atoms with E-state index in [0.717, 1.165) is 25.7 Å². The van der Waals surface area contributed by atoms with Crippen molar-refractivity contribution in [3.05, 3.63) is 0 Å². The molecule has 5 heteroatoms. The van der Waals surface area contributed by atoms with Crippen LogP contribution in [0.25, 0.3) is 0 Å². The molecule has 15 heavy (non-hydrogen) atoms. The number of hydrogen-bond donors (Lipinski definition) is 1. The second-order valence-corrected chi connectivity index (χ2v) is 6.30. The lowest BCUT2D eigenvalue weighted by atomic mass is 9.97. The van der Waals surface area contributed by atoms with Gasteiger partial charge in [-0.2, -0.15) is 0 Å². The van der Waals surface area contributed by atoms with Crippen LogP contribution in [0.5, 0.6) is 0 Å². The fourth-order valence-corrected chi connectivity index (χ4v) is 4.24. The van der Waals surface area contributed by atoms with Crippen molar-refractivity contribution >= 4 is 26.0 Å². The minimum atomic E-state index is -3.12. The van der Waals surface area contributed by atoms with Gasteiger partial charge in [0.1, 0.15) is 0 Å². The van der Waals surface area contributed by atoms with Crippen LogP contribution >= 0.6 is 15.9 Å². The maximum absolute atomic E-state index is 11.7. The molecule has 0 saturated carbocycles. The molecule has 0 aromatic carbocycles. The fraction of sp³-hybridized carbons (Fsp3) is 1.00. The van der Waals surface area contributed by atoms with Crippen molar-refractivity contribution in [1.29, 1.82) is 0 Å². The first-order valence-electron chi connectivity index (χ1n) is 5.53. The Kier molecular flexibility index (Phi) is 7.04. The van der Waals surface area contributed by atoms with Gasteiger partial charge in [-0.05, 0) is 19.3 Å². The van der Waals surface area contributed by atoms with Gasteiger partial charge in [0, 0.05) is 10.9 Å². The van der Waals surface area contributed by atoms with Gasteiger partial charge in [-0.1, -0.05) is 43.1 Å². The van der Waals surface area contributed by atoms with Gasteiger partial charge >= 0.3 is 0 Å². The topological polar surface area (TPSA) is 46.2 Å². The molecule has 3 nitrogen and oxygen atoms in total. The summed E-state index contributed by atoms with van der Waals surface area (Å²) in [6.07, 6.45) is 3.24. The van der Waals surface area contributed by atoms with Crippen LogP contribution in [-0.2, 0) is 10.0 Å². The molecule has 0 fully saturated rings. The molecule has 0 spiro atoms. The van der Waals surface area contributed by atoms with E-state index >= 15 is 0 Å². The molecule has 0 heterocycles. The smallest absolute Gasteiger partial charge is 0.212 e. The standard InChI is InChI=1S/C10H22BrNO2S/c1-4-7-8-15(13,14)12-10(5-2,6-3)9-11/h12H,4-9H2,1-3H3. The second-order valence-electron chi connectivity index (χ2n) is 3.90. The van der Waals surface area contributed by atoms with Crippen LogP contribution in [0.4, 0.5) is 0 Å². The zero-order chi connectivity index (χ0) is 11.9. The number of alkyl halides is 1. The SMILES string of the molecule is CCCCS(=O)(=O)NC(CC)(CC)CBr. The van der Waals surface area contributed by atoms with E-state index in [1.54, 1.807) is 0 Å². The Bertz CT molecular complexity index is 252. The molecule has 0 rings (SSSR count). The second kappa shape index (κ2) is 6.86. The van der Waals surface area contributed by atoms with Crippen LogP contribution in [0.2, 0.25) is 0 Å². The van der Waals surface area contributed by atoms with Gasteiger partial charge in [0.05, 0.1) is 5.75 Å². The zero-order valence-electron chi connectivity index (χ0n) is 9.85. The van der Waals surface area contributed by atoms with Crippen LogP contribution in [0, 0.1) is 0 Å². The quantitative estimate of drug-likeness (QED) is 0.701. The minimum Gasteiger partial charge on any atom is -0.212 e. The first-order chi connectivity index (χ1) is 6.95. The molecule has 0 unspecified atom stereocenters. The molecular formula is C10H22BrNO2S. The van der Waals surface area contributed by atoms with Crippen LogP contribution in [0.1, 0.15) is 46.5 Å². The first-order valence-corrected chi connectivity index (χ1v) is 8.30. The van der Waals surface area contributed by atoms with E-state index in [4.69, 9.17) is 0 Å². The van der Waals surface area contributed by atoms with Gasteiger partial charge in [-0.25, -0.2) is 13.1 Å². The van der Waals surface area contributed by atoms with Crippen LogP contribution < -0.4 is 4.72 Å². The minimum absolute atomic E-state index is 0.234. The van der Waals surface area contributed by atoms with E-state index in [2.05, 4.69) is 20.7 Å². The highest BCUT2D eigenvalue weighted by Crippen LogP contribution is 2.19. The van der Waals surface area contributed by atoms with Gasteiger partial charge in [0.25, 0.3) is 0 Å². The summed E-state index contributed by atoms with van der Waals surface area (Å²) in [6.45, 7) is 6.01. The molecule has 0 aromatic rings. The van der Waals surface area contributed by atoms with Crippen molar-refractivity contribution < 1.29 is 8.42 Å². The Balaban J connectivity index is 4.52. The van der Waals surface area contributed by atoms with Crippen molar-refractivity contribution in [2.24, 2.45) is 0 Å². The van der Waals surface area contributed by atoms with Crippen LogP contribution in [0.15, 0.2) is 0 Å². The van der Waals surface area contributed by atoms with Gasteiger partial charge in [-0.3, -0.25) is 0 Å².